The number of aromatic nitrogens is 1. The smallest absolute Gasteiger partial charge is 0.341 e. The minimum Gasteiger partial charge on any atom is -0.465 e. The molecule has 0 saturated heterocycles. The minimum absolute atomic E-state index is 0.369. The number of esters is 1. The SMILES string of the molecule is COC(=O)c1cccnc1N(C)CC(C)(C)O. The summed E-state index contributed by atoms with van der Waals surface area (Å²) in [5, 5.41) is 9.75. The summed E-state index contributed by atoms with van der Waals surface area (Å²) in [6, 6.07) is 3.32. The molecule has 0 atom stereocenters. The fourth-order valence-electron chi connectivity index (χ4n) is 1.63. The third-order valence-electron chi connectivity index (χ3n) is 2.18. The topological polar surface area (TPSA) is 62.7 Å². The highest BCUT2D eigenvalue weighted by atomic mass is 16.5. The van der Waals surface area contributed by atoms with Crippen LogP contribution in [0.4, 0.5) is 5.82 Å². The maximum absolute atomic E-state index is 11.6. The molecule has 0 fully saturated rings. The third kappa shape index (κ3) is 3.71. The second kappa shape index (κ2) is 5.14. The molecule has 94 valence electrons. The Bertz CT molecular complexity index is 399. The fourth-order valence-corrected chi connectivity index (χ4v) is 1.63. The molecule has 1 N–H and O–H groups in total. The summed E-state index contributed by atoms with van der Waals surface area (Å²) in [6.45, 7) is 3.77. The molecule has 1 heterocycles. The Morgan fingerprint density at radius 2 is 2.24 bits per heavy atom. The summed E-state index contributed by atoms with van der Waals surface area (Å²) >= 11 is 0. The van der Waals surface area contributed by atoms with Crippen molar-refractivity contribution in [1.29, 1.82) is 0 Å². The van der Waals surface area contributed by atoms with E-state index >= 15 is 0 Å². The lowest BCUT2D eigenvalue weighted by Gasteiger charge is -2.27. The number of rotatable bonds is 4. The summed E-state index contributed by atoms with van der Waals surface area (Å²) < 4.78 is 4.69. The van der Waals surface area contributed by atoms with E-state index in [0.29, 0.717) is 17.9 Å². The zero-order valence-corrected chi connectivity index (χ0v) is 10.6. The molecule has 0 aromatic carbocycles. The zero-order valence-electron chi connectivity index (χ0n) is 10.6. The number of likely N-dealkylation sites (N-methyl/N-ethyl adjacent to an activating group) is 1. The predicted molar refractivity (Wildman–Crippen MR) is 65.1 cm³/mol. The first-order valence-corrected chi connectivity index (χ1v) is 5.32. The van der Waals surface area contributed by atoms with Crippen LogP contribution in [-0.4, -0.2) is 42.4 Å². The molecule has 0 spiro atoms. The number of methoxy groups -OCH3 is 1. The van der Waals surface area contributed by atoms with Gasteiger partial charge in [0.15, 0.2) is 0 Å². The van der Waals surface area contributed by atoms with Gasteiger partial charge in [0.25, 0.3) is 0 Å². The van der Waals surface area contributed by atoms with Crippen LogP contribution in [0.25, 0.3) is 0 Å². The second-order valence-corrected chi connectivity index (χ2v) is 4.53. The van der Waals surface area contributed by atoms with Gasteiger partial charge in [0.05, 0.1) is 12.7 Å². The van der Waals surface area contributed by atoms with Gasteiger partial charge in [0.2, 0.25) is 0 Å². The molecule has 0 aliphatic rings. The molecular weight excluding hydrogens is 220 g/mol. The Morgan fingerprint density at radius 1 is 1.59 bits per heavy atom. The molecule has 5 heteroatoms. The van der Waals surface area contributed by atoms with Crippen molar-refractivity contribution >= 4 is 11.8 Å². The maximum Gasteiger partial charge on any atom is 0.341 e. The van der Waals surface area contributed by atoms with Gasteiger partial charge in [0, 0.05) is 19.8 Å². The monoisotopic (exact) mass is 238 g/mol. The quantitative estimate of drug-likeness (QED) is 0.795. The van der Waals surface area contributed by atoms with E-state index in [9.17, 15) is 9.90 Å². The van der Waals surface area contributed by atoms with Crippen molar-refractivity contribution in [2.24, 2.45) is 0 Å². The van der Waals surface area contributed by atoms with Crippen LogP contribution < -0.4 is 4.90 Å². The Kier molecular flexibility index (Phi) is 4.07. The van der Waals surface area contributed by atoms with E-state index in [2.05, 4.69) is 9.72 Å². The van der Waals surface area contributed by atoms with Crippen molar-refractivity contribution in [2.75, 3.05) is 25.6 Å². The van der Waals surface area contributed by atoms with Crippen LogP contribution in [-0.2, 0) is 4.74 Å². The molecule has 1 aromatic rings. The number of nitrogens with zero attached hydrogens (tertiary/aromatic N) is 2. The van der Waals surface area contributed by atoms with Gasteiger partial charge in [-0.25, -0.2) is 9.78 Å². The Morgan fingerprint density at radius 3 is 2.76 bits per heavy atom. The molecule has 0 saturated carbocycles. The normalized spacial score (nSPS) is 11.1. The van der Waals surface area contributed by atoms with Crippen molar-refractivity contribution in [1.82, 2.24) is 4.98 Å². The van der Waals surface area contributed by atoms with Gasteiger partial charge < -0.3 is 14.7 Å². The van der Waals surface area contributed by atoms with Crippen LogP contribution in [0.1, 0.15) is 24.2 Å². The van der Waals surface area contributed by atoms with Crippen LogP contribution in [0.2, 0.25) is 0 Å². The van der Waals surface area contributed by atoms with Crippen LogP contribution >= 0.6 is 0 Å². The first-order chi connectivity index (χ1) is 7.85. The lowest BCUT2D eigenvalue weighted by Crippen LogP contribution is -2.37. The molecule has 0 bridgehead atoms. The summed E-state index contributed by atoms with van der Waals surface area (Å²) in [4.78, 5) is 17.4. The van der Waals surface area contributed by atoms with Gasteiger partial charge in [-0.15, -0.1) is 0 Å². The molecule has 5 nitrogen and oxygen atoms in total. The van der Waals surface area contributed by atoms with Crippen LogP contribution in [0, 0.1) is 0 Å². The Balaban J connectivity index is 3.01. The number of aliphatic hydroxyl groups is 1. The second-order valence-electron chi connectivity index (χ2n) is 4.53. The standard InChI is InChI=1S/C12H18N2O3/c1-12(2,16)8-14(3)10-9(11(15)17-4)6-5-7-13-10/h5-7,16H,8H2,1-4H3. The van der Waals surface area contributed by atoms with E-state index in [4.69, 9.17) is 0 Å². The van der Waals surface area contributed by atoms with E-state index in [1.165, 1.54) is 7.11 Å². The number of carbonyl (C=O) groups is 1. The summed E-state index contributed by atoms with van der Waals surface area (Å²) in [5.41, 5.74) is -0.471. The first-order valence-electron chi connectivity index (χ1n) is 5.32. The number of carbonyl (C=O) groups excluding carboxylic acids is 1. The van der Waals surface area contributed by atoms with Gasteiger partial charge >= 0.3 is 5.97 Å². The van der Waals surface area contributed by atoms with Crippen molar-refractivity contribution in [3.8, 4) is 0 Å². The van der Waals surface area contributed by atoms with E-state index in [-0.39, 0.29) is 0 Å². The summed E-state index contributed by atoms with van der Waals surface area (Å²) in [6.07, 6.45) is 1.60. The molecule has 1 aromatic heterocycles. The predicted octanol–water partition coefficient (Wildman–Crippen LogP) is 1.08. The highest BCUT2D eigenvalue weighted by Crippen LogP contribution is 2.18. The minimum atomic E-state index is -0.861. The van der Waals surface area contributed by atoms with E-state index in [1.54, 1.807) is 44.1 Å². The maximum atomic E-state index is 11.6. The van der Waals surface area contributed by atoms with Gasteiger partial charge in [-0.05, 0) is 26.0 Å². The van der Waals surface area contributed by atoms with Crippen molar-refractivity contribution in [3.05, 3.63) is 23.9 Å². The number of hydrogen-bond acceptors (Lipinski definition) is 5. The highest BCUT2D eigenvalue weighted by Gasteiger charge is 2.21. The van der Waals surface area contributed by atoms with Crippen molar-refractivity contribution < 1.29 is 14.6 Å². The first kappa shape index (κ1) is 13.4. The van der Waals surface area contributed by atoms with Crippen LogP contribution in [0.5, 0.6) is 0 Å². The fraction of sp³-hybridized carbons (Fsp3) is 0.500. The number of hydrogen-bond donors (Lipinski definition) is 1. The number of ether oxygens (including phenoxy) is 1. The molecule has 0 aliphatic heterocycles. The van der Waals surface area contributed by atoms with E-state index in [1.807, 2.05) is 0 Å². The lowest BCUT2D eigenvalue weighted by atomic mass is 10.1. The van der Waals surface area contributed by atoms with E-state index in [0.717, 1.165) is 0 Å². The van der Waals surface area contributed by atoms with Gasteiger partial charge in [-0.2, -0.15) is 0 Å². The highest BCUT2D eigenvalue weighted by molar-refractivity contribution is 5.94. The van der Waals surface area contributed by atoms with Gasteiger partial charge in [-0.3, -0.25) is 0 Å². The average Bonchev–Trinajstić information content (AvgIpc) is 2.25. The molecule has 0 unspecified atom stereocenters. The Hall–Kier alpha value is -1.62. The largest absolute Gasteiger partial charge is 0.465 e. The summed E-state index contributed by atoms with van der Waals surface area (Å²) in [7, 11) is 3.10. The summed E-state index contributed by atoms with van der Waals surface area (Å²) in [5.74, 6) is 0.0668. The zero-order chi connectivity index (χ0) is 13.1. The van der Waals surface area contributed by atoms with Crippen LogP contribution in [0.3, 0.4) is 0 Å². The van der Waals surface area contributed by atoms with Gasteiger partial charge in [0.1, 0.15) is 11.4 Å². The Labute approximate surface area is 101 Å². The molecule has 1 rings (SSSR count). The van der Waals surface area contributed by atoms with Crippen molar-refractivity contribution in [3.63, 3.8) is 0 Å². The van der Waals surface area contributed by atoms with Gasteiger partial charge in [-0.1, -0.05) is 0 Å². The number of anilines is 1. The van der Waals surface area contributed by atoms with Crippen molar-refractivity contribution in [2.45, 2.75) is 19.4 Å². The molecule has 17 heavy (non-hydrogen) atoms. The number of pyridine rings is 1. The lowest BCUT2D eigenvalue weighted by molar-refractivity contribution is 0.0599. The molecule has 0 radical (unpaired) electrons. The molecule has 0 amide bonds. The molecular formula is C12H18N2O3. The molecule has 0 aliphatic carbocycles. The van der Waals surface area contributed by atoms with E-state index < -0.39 is 11.6 Å². The third-order valence-corrected chi connectivity index (χ3v) is 2.18. The average molecular weight is 238 g/mol. The van der Waals surface area contributed by atoms with Crippen LogP contribution in [0.15, 0.2) is 18.3 Å².